The molecule has 1 heterocycles. The number of aromatic carboxylic acids is 1. The number of halogens is 1. The van der Waals surface area contributed by atoms with Crippen molar-refractivity contribution in [3.63, 3.8) is 0 Å². The Bertz CT molecular complexity index is 1030. The van der Waals surface area contributed by atoms with Gasteiger partial charge in [0.25, 0.3) is 0 Å². The molecule has 9 heteroatoms. The highest BCUT2D eigenvalue weighted by Crippen LogP contribution is 2.23. The second-order valence-corrected chi connectivity index (χ2v) is 7.75. The van der Waals surface area contributed by atoms with Crippen molar-refractivity contribution in [1.29, 1.82) is 0 Å². The van der Waals surface area contributed by atoms with Crippen LogP contribution in [-0.2, 0) is 6.42 Å². The second-order valence-electron chi connectivity index (χ2n) is 7.32. The maximum absolute atomic E-state index is 11.3. The van der Waals surface area contributed by atoms with Crippen LogP contribution in [0.2, 0.25) is 5.02 Å². The van der Waals surface area contributed by atoms with Crippen LogP contribution < -0.4 is 14.8 Å². The molecular weight excluding hydrogens is 448 g/mol. The number of aliphatic hydroxyl groups is 2. The fraction of sp³-hybridized carbons (Fsp3) is 0.250. The molecule has 3 rings (SSSR count). The van der Waals surface area contributed by atoms with Gasteiger partial charge in [-0.25, -0.2) is 9.78 Å². The van der Waals surface area contributed by atoms with Crippen molar-refractivity contribution in [2.45, 2.75) is 18.6 Å². The Labute approximate surface area is 196 Å². The van der Waals surface area contributed by atoms with Crippen LogP contribution in [-0.4, -0.2) is 58.2 Å². The number of carbonyl (C=O) groups is 1. The summed E-state index contributed by atoms with van der Waals surface area (Å²) in [7, 11) is 0. The van der Waals surface area contributed by atoms with Gasteiger partial charge >= 0.3 is 5.97 Å². The van der Waals surface area contributed by atoms with Crippen molar-refractivity contribution < 1.29 is 29.6 Å². The number of pyridine rings is 1. The Morgan fingerprint density at radius 2 is 1.76 bits per heavy atom. The molecule has 0 radical (unpaired) electrons. The molecule has 2 atom stereocenters. The van der Waals surface area contributed by atoms with Gasteiger partial charge in [0.15, 0.2) is 0 Å². The van der Waals surface area contributed by atoms with E-state index < -0.39 is 12.1 Å². The number of hydrogen-bond acceptors (Lipinski definition) is 7. The quantitative estimate of drug-likeness (QED) is 0.317. The number of carboxylic acids is 1. The molecule has 174 valence electrons. The largest absolute Gasteiger partial charge is 0.491 e. The SMILES string of the molecule is O=C(O)c1cccnc1Oc1ccc(CC(CO)NCC(O)COc2ccc(Cl)cc2)cc1. The van der Waals surface area contributed by atoms with E-state index in [1.807, 2.05) is 12.1 Å². The summed E-state index contributed by atoms with van der Waals surface area (Å²) in [6, 6.07) is 16.6. The first-order chi connectivity index (χ1) is 15.9. The molecular formula is C24H25ClN2O6. The third kappa shape index (κ3) is 7.73. The maximum atomic E-state index is 11.3. The van der Waals surface area contributed by atoms with Crippen LogP contribution in [0.3, 0.4) is 0 Å². The van der Waals surface area contributed by atoms with Crippen molar-refractivity contribution in [2.24, 2.45) is 0 Å². The van der Waals surface area contributed by atoms with Gasteiger partial charge < -0.3 is 30.1 Å². The Morgan fingerprint density at radius 1 is 1.06 bits per heavy atom. The normalized spacial score (nSPS) is 12.7. The lowest BCUT2D eigenvalue weighted by molar-refractivity contribution is 0.0693. The topological polar surface area (TPSA) is 121 Å². The molecule has 0 aliphatic heterocycles. The molecule has 2 aromatic carbocycles. The van der Waals surface area contributed by atoms with Gasteiger partial charge in [-0.3, -0.25) is 0 Å². The smallest absolute Gasteiger partial charge is 0.341 e. The number of aliphatic hydroxyl groups excluding tert-OH is 2. The zero-order chi connectivity index (χ0) is 23.6. The average molecular weight is 473 g/mol. The molecule has 0 bridgehead atoms. The fourth-order valence-corrected chi connectivity index (χ4v) is 3.14. The highest BCUT2D eigenvalue weighted by Gasteiger charge is 2.14. The van der Waals surface area contributed by atoms with E-state index in [1.54, 1.807) is 36.4 Å². The lowest BCUT2D eigenvalue weighted by Gasteiger charge is -2.19. The molecule has 2 unspecified atom stereocenters. The molecule has 3 aromatic rings. The molecule has 8 nitrogen and oxygen atoms in total. The van der Waals surface area contributed by atoms with Crippen molar-refractivity contribution in [3.05, 3.63) is 83.0 Å². The minimum Gasteiger partial charge on any atom is -0.491 e. The lowest BCUT2D eigenvalue weighted by Crippen LogP contribution is -2.41. The maximum Gasteiger partial charge on any atom is 0.341 e. The summed E-state index contributed by atoms with van der Waals surface area (Å²) in [4.78, 5) is 15.2. The summed E-state index contributed by atoms with van der Waals surface area (Å²) < 4.78 is 11.1. The van der Waals surface area contributed by atoms with E-state index in [0.717, 1.165) is 5.56 Å². The first-order valence-electron chi connectivity index (χ1n) is 10.3. The molecule has 0 saturated carbocycles. The first kappa shape index (κ1) is 24.5. The summed E-state index contributed by atoms with van der Waals surface area (Å²) >= 11 is 5.83. The Kier molecular flexibility index (Phi) is 9.03. The van der Waals surface area contributed by atoms with Crippen molar-refractivity contribution in [3.8, 4) is 17.4 Å². The predicted octanol–water partition coefficient (Wildman–Crippen LogP) is 3.16. The van der Waals surface area contributed by atoms with Gasteiger partial charge in [-0.15, -0.1) is 0 Å². The summed E-state index contributed by atoms with van der Waals surface area (Å²) in [5, 5.41) is 32.8. The van der Waals surface area contributed by atoms with Gasteiger partial charge in [-0.1, -0.05) is 23.7 Å². The number of carboxylic acid groups (broad SMARTS) is 1. The van der Waals surface area contributed by atoms with Gasteiger partial charge in [0.2, 0.25) is 5.88 Å². The number of benzene rings is 2. The van der Waals surface area contributed by atoms with Crippen LogP contribution in [0.5, 0.6) is 17.4 Å². The molecule has 0 spiro atoms. The monoisotopic (exact) mass is 472 g/mol. The van der Waals surface area contributed by atoms with Gasteiger partial charge in [-0.2, -0.15) is 0 Å². The highest BCUT2D eigenvalue weighted by molar-refractivity contribution is 6.30. The standard InChI is InChI=1S/C24H25ClN2O6/c25-17-5-9-20(10-6-17)32-15-19(29)13-27-18(14-28)12-16-3-7-21(8-4-16)33-23-22(24(30)31)2-1-11-26-23/h1-11,18-19,27-29H,12-15H2,(H,30,31). The van der Waals surface area contributed by atoms with Gasteiger partial charge in [0, 0.05) is 23.8 Å². The van der Waals surface area contributed by atoms with E-state index in [0.29, 0.717) is 22.9 Å². The number of ether oxygens (including phenoxy) is 2. The number of nitrogens with zero attached hydrogens (tertiary/aromatic N) is 1. The molecule has 0 saturated heterocycles. The van der Waals surface area contributed by atoms with Crippen LogP contribution in [0.15, 0.2) is 66.9 Å². The fourth-order valence-electron chi connectivity index (χ4n) is 3.01. The third-order valence-corrected chi connectivity index (χ3v) is 4.99. The van der Waals surface area contributed by atoms with Crippen molar-refractivity contribution >= 4 is 17.6 Å². The Morgan fingerprint density at radius 3 is 2.42 bits per heavy atom. The van der Waals surface area contributed by atoms with Crippen molar-refractivity contribution in [1.82, 2.24) is 10.3 Å². The predicted molar refractivity (Wildman–Crippen MR) is 123 cm³/mol. The lowest BCUT2D eigenvalue weighted by atomic mass is 10.1. The highest BCUT2D eigenvalue weighted by atomic mass is 35.5. The van der Waals surface area contributed by atoms with E-state index in [4.69, 9.17) is 21.1 Å². The summed E-state index contributed by atoms with van der Waals surface area (Å²) in [5.41, 5.74) is 0.907. The average Bonchev–Trinajstić information content (AvgIpc) is 2.82. The van der Waals surface area contributed by atoms with Crippen LogP contribution in [0, 0.1) is 0 Å². The van der Waals surface area contributed by atoms with Gasteiger partial charge in [-0.05, 0) is 60.5 Å². The molecule has 33 heavy (non-hydrogen) atoms. The van der Waals surface area contributed by atoms with E-state index in [2.05, 4.69) is 10.3 Å². The van der Waals surface area contributed by atoms with E-state index in [9.17, 15) is 20.1 Å². The zero-order valence-electron chi connectivity index (χ0n) is 17.7. The van der Waals surface area contributed by atoms with Gasteiger partial charge in [0.05, 0.1) is 6.61 Å². The molecule has 4 N–H and O–H groups in total. The van der Waals surface area contributed by atoms with Crippen LogP contribution >= 0.6 is 11.6 Å². The molecule has 0 aliphatic carbocycles. The Balaban J connectivity index is 1.47. The van der Waals surface area contributed by atoms with E-state index in [1.165, 1.54) is 18.3 Å². The summed E-state index contributed by atoms with van der Waals surface area (Å²) in [6.07, 6.45) is 1.22. The summed E-state index contributed by atoms with van der Waals surface area (Å²) in [5.74, 6) is -0.0429. The minimum atomic E-state index is -1.12. The first-order valence-corrected chi connectivity index (χ1v) is 10.7. The molecule has 1 aromatic heterocycles. The minimum absolute atomic E-state index is 0.0162. The van der Waals surface area contributed by atoms with Crippen LogP contribution in [0.1, 0.15) is 15.9 Å². The second kappa shape index (κ2) is 12.2. The number of nitrogens with one attached hydrogen (secondary N) is 1. The van der Waals surface area contributed by atoms with Crippen molar-refractivity contribution in [2.75, 3.05) is 19.8 Å². The van der Waals surface area contributed by atoms with E-state index in [-0.39, 0.29) is 37.2 Å². The van der Waals surface area contributed by atoms with Crippen LogP contribution in [0.25, 0.3) is 0 Å². The third-order valence-electron chi connectivity index (χ3n) is 4.74. The van der Waals surface area contributed by atoms with E-state index >= 15 is 0 Å². The number of rotatable bonds is 12. The van der Waals surface area contributed by atoms with Gasteiger partial charge in [0.1, 0.15) is 29.8 Å². The summed E-state index contributed by atoms with van der Waals surface area (Å²) in [6.45, 7) is 0.237. The Hall–Kier alpha value is -3.17. The molecule has 0 fully saturated rings. The molecule has 0 amide bonds. The number of hydrogen-bond donors (Lipinski definition) is 4. The zero-order valence-corrected chi connectivity index (χ0v) is 18.5. The molecule has 0 aliphatic rings. The van der Waals surface area contributed by atoms with Crippen LogP contribution in [0.4, 0.5) is 0 Å². The number of aromatic nitrogens is 1.